The molecule has 0 saturated heterocycles. The zero-order valence-electron chi connectivity index (χ0n) is 17.4. The van der Waals surface area contributed by atoms with E-state index in [1.807, 2.05) is 66.7 Å². The smallest absolute Gasteiger partial charge is 0.195 e. The predicted octanol–water partition coefficient (Wildman–Crippen LogP) is 6.46. The molecule has 4 aromatic carbocycles. The molecule has 5 rings (SSSR count). The Morgan fingerprint density at radius 2 is 1.38 bits per heavy atom. The molecule has 0 N–H and O–H groups in total. The van der Waals surface area contributed by atoms with E-state index < -0.39 is 0 Å². The lowest BCUT2D eigenvalue weighted by molar-refractivity contribution is 0.104. The Kier molecular flexibility index (Phi) is 5.11. The van der Waals surface area contributed by atoms with Gasteiger partial charge in [-0.15, -0.1) is 0 Å². The van der Waals surface area contributed by atoms with Crippen LogP contribution in [-0.2, 0) is 6.54 Å². The highest BCUT2D eigenvalue weighted by Gasteiger charge is 2.24. The molecule has 3 nitrogen and oxygen atoms in total. The summed E-state index contributed by atoms with van der Waals surface area (Å²) in [6, 6.07) is 37.4. The summed E-state index contributed by atoms with van der Waals surface area (Å²) < 4.78 is 2.23. The van der Waals surface area contributed by atoms with E-state index in [9.17, 15) is 4.79 Å². The van der Waals surface area contributed by atoms with E-state index in [1.54, 1.807) is 24.3 Å². The highest BCUT2D eigenvalue weighted by Crippen LogP contribution is 2.36. The number of carbonyl (C=O) groups is 1. The van der Waals surface area contributed by atoms with Gasteiger partial charge in [0.15, 0.2) is 5.78 Å². The maximum Gasteiger partial charge on any atom is 0.195 e. The van der Waals surface area contributed by atoms with Gasteiger partial charge in [-0.2, -0.15) is 5.26 Å². The molecular weight excluding hydrogens is 392 g/mol. The number of aromatic nitrogens is 1. The molecule has 152 valence electrons. The minimum atomic E-state index is -0.0450. The Bertz CT molecular complexity index is 1440. The van der Waals surface area contributed by atoms with Gasteiger partial charge in [0.25, 0.3) is 0 Å². The van der Waals surface area contributed by atoms with Gasteiger partial charge in [-0.05, 0) is 41.5 Å². The van der Waals surface area contributed by atoms with Crippen LogP contribution in [0.15, 0.2) is 109 Å². The summed E-state index contributed by atoms with van der Waals surface area (Å²) in [6.07, 6.45) is 0. The van der Waals surface area contributed by atoms with Crippen LogP contribution in [0.5, 0.6) is 0 Å². The maximum atomic E-state index is 13.8. The van der Waals surface area contributed by atoms with E-state index in [1.165, 1.54) is 5.56 Å². The molecular formula is C29H20N2O. The third kappa shape index (κ3) is 3.49. The zero-order valence-corrected chi connectivity index (χ0v) is 17.4. The van der Waals surface area contributed by atoms with Crippen LogP contribution in [0, 0.1) is 11.3 Å². The van der Waals surface area contributed by atoms with Crippen molar-refractivity contribution in [2.45, 2.75) is 6.54 Å². The number of hydrogen-bond donors (Lipinski definition) is 0. The fourth-order valence-corrected chi connectivity index (χ4v) is 4.20. The number of hydrogen-bond acceptors (Lipinski definition) is 2. The number of nitrogens with zero attached hydrogens (tertiary/aromatic N) is 2. The van der Waals surface area contributed by atoms with Crippen LogP contribution < -0.4 is 0 Å². The van der Waals surface area contributed by atoms with E-state index in [4.69, 9.17) is 5.26 Å². The second kappa shape index (κ2) is 8.37. The van der Waals surface area contributed by atoms with Gasteiger partial charge in [0.05, 0.1) is 22.9 Å². The van der Waals surface area contributed by atoms with E-state index >= 15 is 0 Å². The number of ketones is 1. The Labute approximate surface area is 186 Å². The summed E-state index contributed by atoms with van der Waals surface area (Å²) in [4.78, 5) is 13.8. The molecule has 1 aromatic heterocycles. The summed E-state index contributed by atoms with van der Waals surface area (Å²) in [6.45, 7) is 0.659. The van der Waals surface area contributed by atoms with E-state index in [-0.39, 0.29) is 5.78 Å². The minimum absolute atomic E-state index is 0.0450. The molecule has 0 unspecified atom stereocenters. The summed E-state index contributed by atoms with van der Waals surface area (Å²) in [5.41, 5.74) is 5.89. The minimum Gasteiger partial charge on any atom is -0.335 e. The van der Waals surface area contributed by atoms with Crippen LogP contribution in [0.3, 0.4) is 0 Å². The SMILES string of the molecule is N#Cc1ccc(C(=O)c2c(-c3ccccc3)n(Cc3ccccc3)c3ccccc23)cc1. The van der Waals surface area contributed by atoms with E-state index in [2.05, 4.69) is 28.8 Å². The molecule has 0 radical (unpaired) electrons. The summed E-state index contributed by atoms with van der Waals surface area (Å²) >= 11 is 0. The van der Waals surface area contributed by atoms with Gasteiger partial charge in [0.1, 0.15) is 0 Å². The van der Waals surface area contributed by atoms with Crippen LogP contribution in [-0.4, -0.2) is 10.4 Å². The standard InChI is InChI=1S/C29H20N2O/c30-19-21-15-17-24(18-16-21)29(32)27-25-13-7-8-14-26(25)31(20-22-9-3-1-4-10-22)28(27)23-11-5-2-6-12-23/h1-18H,20H2. The first kappa shape index (κ1) is 19.5. The lowest BCUT2D eigenvalue weighted by Gasteiger charge is -2.13. The van der Waals surface area contributed by atoms with Crippen molar-refractivity contribution in [1.29, 1.82) is 5.26 Å². The molecule has 0 amide bonds. The van der Waals surface area contributed by atoms with Crippen molar-refractivity contribution in [3.63, 3.8) is 0 Å². The summed E-state index contributed by atoms with van der Waals surface area (Å²) in [7, 11) is 0. The van der Waals surface area contributed by atoms with Gasteiger partial charge < -0.3 is 4.57 Å². The van der Waals surface area contributed by atoms with Crippen LogP contribution in [0.2, 0.25) is 0 Å². The van der Waals surface area contributed by atoms with Crippen LogP contribution in [0.4, 0.5) is 0 Å². The lowest BCUT2D eigenvalue weighted by Crippen LogP contribution is -2.06. The average Bonchev–Trinajstić information content (AvgIpc) is 3.19. The molecule has 1 heterocycles. The number of carbonyl (C=O) groups excluding carboxylic acids is 1. The van der Waals surface area contributed by atoms with Crippen molar-refractivity contribution in [3.05, 3.63) is 131 Å². The summed E-state index contributed by atoms with van der Waals surface area (Å²) in [5.74, 6) is -0.0450. The highest BCUT2D eigenvalue weighted by atomic mass is 16.1. The lowest BCUT2D eigenvalue weighted by atomic mass is 9.96. The van der Waals surface area contributed by atoms with E-state index in [0.29, 0.717) is 23.2 Å². The van der Waals surface area contributed by atoms with Crippen LogP contribution in [0.25, 0.3) is 22.2 Å². The molecule has 0 aliphatic carbocycles. The van der Waals surface area contributed by atoms with Gasteiger partial charge in [0.2, 0.25) is 0 Å². The Morgan fingerprint density at radius 1 is 0.750 bits per heavy atom. The number of fused-ring (bicyclic) bond motifs is 1. The van der Waals surface area contributed by atoms with Crippen molar-refractivity contribution in [2.24, 2.45) is 0 Å². The number of para-hydroxylation sites is 1. The van der Waals surface area contributed by atoms with Crippen LogP contribution in [0.1, 0.15) is 27.0 Å². The third-order valence-electron chi connectivity index (χ3n) is 5.70. The second-order valence-corrected chi connectivity index (χ2v) is 7.70. The first-order valence-corrected chi connectivity index (χ1v) is 10.5. The quantitative estimate of drug-likeness (QED) is 0.311. The fourth-order valence-electron chi connectivity index (χ4n) is 4.20. The second-order valence-electron chi connectivity index (χ2n) is 7.70. The molecule has 3 heteroatoms. The topological polar surface area (TPSA) is 45.8 Å². The molecule has 0 spiro atoms. The van der Waals surface area contributed by atoms with E-state index in [0.717, 1.165) is 22.2 Å². The maximum absolute atomic E-state index is 13.8. The van der Waals surface area contributed by atoms with Crippen molar-refractivity contribution < 1.29 is 4.79 Å². The Hall–Kier alpha value is -4.42. The van der Waals surface area contributed by atoms with Crippen molar-refractivity contribution in [1.82, 2.24) is 4.57 Å². The van der Waals surface area contributed by atoms with Gasteiger partial charge in [0, 0.05) is 23.0 Å². The zero-order chi connectivity index (χ0) is 21.9. The third-order valence-corrected chi connectivity index (χ3v) is 5.70. The monoisotopic (exact) mass is 412 g/mol. The Morgan fingerprint density at radius 3 is 2.06 bits per heavy atom. The Balaban J connectivity index is 1.78. The number of rotatable bonds is 5. The van der Waals surface area contributed by atoms with Gasteiger partial charge in [-0.1, -0.05) is 78.9 Å². The number of benzene rings is 4. The molecule has 0 fully saturated rings. The number of nitriles is 1. The largest absolute Gasteiger partial charge is 0.335 e. The first-order valence-electron chi connectivity index (χ1n) is 10.5. The molecule has 0 aliphatic rings. The molecule has 32 heavy (non-hydrogen) atoms. The molecule has 0 saturated carbocycles. The molecule has 5 aromatic rings. The van der Waals surface area contributed by atoms with Crippen molar-refractivity contribution in [2.75, 3.05) is 0 Å². The van der Waals surface area contributed by atoms with Crippen molar-refractivity contribution >= 4 is 16.7 Å². The first-order chi connectivity index (χ1) is 15.8. The van der Waals surface area contributed by atoms with Gasteiger partial charge >= 0.3 is 0 Å². The molecule has 0 aliphatic heterocycles. The average molecular weight is 412 g/mol. The molecule has 0 bridgehead atoms. The highest BCUT2D eigenvalue weighted by molar-refractivity contribution is 6.20. The molecule has 0 atom stereocenters. The van der Waals surface area contributed by atoms with Gasteiger partial charge in [-0.3, -0.25) is 4.79 Å². The van der Waals surface area contributed by atoms with Crippen molar-refractivity contribution in [3.8, 4) is 17.3 Å². The van der Waals surface area contributed by atoms with Crippen LogP contribution >= 0.6 is 0 Å². The predicted molar refractivity (Wildman–Crippen MR) is 128 cm³/mol. The van der Waals surface area contributed by atoms with Gasteiger partial charge in [-0.25, -0.2) is 0 Å². The normalized spacial score (nSPS) is 10.7. The summed E-state index contributed by atoms with van der Waals surface area (Å²) in [5, 5.41) is 10.1. The fraction of sp³-hybridized carbons (Fsp3) is 0.0345.